The number of aryl methyl sites for hydroxylation is 1. The van der Waals surface area contributed by atoms with Crippen LogP contribution < -0.4 is 10.2 Å². The minimum Gasteiger partial charge on any atom is -0.369 e. The Kier molecular flexibility index (Phi) is 5.82. The summed E-state index contributed by atoms with van der Waals surface area (Å²) < 4.78 is 25.5. The van der Waals surface area contributed by atoms with Crippen molar-refractivity contribution in [1.29, 1.82) is 0 Å². The van der Waals surface area contributed by atoms with Crippen LogP contribution in [0.4, 0.5) is 11.4 Å². The molecule has 3 rings (SSSR count). The Bertz CT molecular complexity index is 902. The van der Waals surface area contributed by atoms with Gasteiger partial charge in [-0.15, -0.1) is 0 Å². The van der Waals surface area contributed by atoms with Crippen molar-refractivity contribution in [2.75, 3.05) is 42.1 Å². The Morgan fingerprint density at radius 2 is 1.63 bits per heavy atom. The Labute approximate surface area is 160 Å². The van der Waals surface area contributed by atoms with Crippen molar-refractivity contribution in [3.8, 4) is 0 Å². The van der Waals surface area contributed by atoms with E-state index in [9.17, 15) is 13.2 Å². The Morgan fingerprint density at radius 1 is 1.00 bits per heavy atom. The Hall–Kier alpha value is -2.38. The molecule has 0 aromatic heterocycles. The predicted molar refractivity (Wildman–Crippen MR) is 109 cm³/mol. The topological polar surface area (TPSA) is 69.7 Å². The summed E-state index contributed by atoms with van der Waals surface area (Å²) in [6, 6.07) is 15.1. The molecule has 0 atom stereocenters. The second kappa shape index (κ2) is 8.10. The van der Waals surface area contributed by atoms with Crippen molar-refractivity contribution >= 4 is 27.3 Å². The maximum absolute atomic E-state index is 12.4. The second-order valence-corrected chi connectivity index (χ2v) is 8.86. The molecule has 0 radical (unpaired) electrons. The van der Waals surface area contributed by atoms with E-state index in [1.165, 1.54) is 0 Å². The van der Waals surface area contributed by atoms with Gasteiger partial charge in [-0.05, 0) is 49.7 Å². The molecule has 144 valence electrons. The van der Waals surface area contributed by atoms with Crippen molar-refractivity contribution in [2.24, 2.45) is 0 Å². The van der Waals surface area contributed by atoms with Gasteiger partial charge in [-0.2, -0.15) is 4.31 Å². The van der Waals surface area contributed by atoms with Gasteiger partial charge in [0.1, 0.15) is 0 Å². The fraction of sp³-hybridized carbons (Fsp3) is 0.350. The first kappa shape index (κ1) is 19.4. The molecule has 1 fully saturated rings. The number of nitrogens with one attached hydrogen (secondary N) is 1. The molecule has 1 N–H and O–H groups in total. The van der Waals surface area contributed by atoms with E-state index in [1.807, 2.05) is 55.5 Å². The highest BCUT2D eigenvalue weighted by molar-refractivity contribution is 7.89. The number of amides is 1. The van der Waals surface area contributed by atoms with Crippen molar-refractivity contribution in [3.05, 3.63) is 59.7 Å². The lowest BCUT2D eigenvalue weighted by molar-refractivity contribution is 0.102. The largest absolute Gasteiger partial charge is 0.369 e. The zero-order chi connectivity index (χ0) is 19.4. The molecular formula is C20H25N3O3S. The van der Waals surface area contributed by atoms with Gasteiger partial charge in [-0.25, -0.2) is 8.42 Å². The van der Waals surface area contributed by atoms with E-state index in [0.717, 1.165) is 16.9 Å². The third kappa shape index (κ3) is 4.48. The average Bonchev–Trinajstić information content (AvgIpc) is 2.69. The number of anilines is 2. The van der Waals surface area contributed by atoms with Crippen LogP contribution in [-0.2, 0) is 10.0 Å². The molecule has 0 unspecified atom stereocenters. The van der Waals surface area contributed by atoms with Gasteiger partial charge < -0.3 is 10.2 Å². The lowest BCUT2D eigenvalue weighted by Gasteiger charge is -2.35. The number of piperazine rings is 1. The van der Waals surface area contributed by atoms with Gasteiger partial charge >= 0.3 is 0 Å². The van der Waals surface area contributed by atoms with E-state index in [-0.39, 0.29) is 11.7 Å². The van der Waals surface area contributed by atoms with E-state index >= 15 is 0 Å². The summed E-state index contributed by atoms with van der Waals surface area (Å²) >= 11 is 0. The molecule has 1 saturated heterocycles. The van der Waals surface area contributed by atoms with Gasteiger partial charge in [0.05, 0.1) is 5.75 Å². The molecule has 27 heavy (non-hydrogen) atoms. The number of rotatable bonds is 5. The molecule has 1 amide bonds. The number of carbonyl (C=O) groups is 1. The zero-order valence-electron chi connectivity index (χ0n) is 15.7. The summed E-state index contributed by atoms with van der Waals surface area (Å²) in [5.74, 6) is 0.0154. The molecule has 0 saturated carbocycles. The van der Waals surface area contributed by atoms with Gasteiger partial charge in [-0.1, -0.05) is 18.2 Å². The van der Waals surface area contributed by atoms with Gasteiger partial charge in [0.25, 0.3) is 5.91 Å². The van der Waals surface area contributed by atoms with Crippen molar-refractivity contribution in [2.45, 2.75) is 13.8 Å². The number of carbonyl (C=O) groups excluding carboxylic acids is 1. The molecular weight excluding hydrogens is 362 g/mol. The summed E-state index contributed by atoms with van der Waals surface area (Å²) in [6.07, 6.45) is 0. The van der Waals surface area contributed by atoms with Crippen LogP contribution in [0.1, 0.15) is 22.8 Å². The summed E-state index contributed by atoms with van der Waals surface area (Å²) in [4.78, 5) is 14.6. The fourth-order valence-electron chi connectivity index (χ4n) is 3.19. The Morgan fingerprint density at radius 3 is 2.22 bits per heavy atom. The maximum atomic E-state index is 12.4. The number of benzene rings is 2. The first-order valence-electron chi connectivity index (χ1n) is 9.10. The molecule has 2 aromatic carbocycles. The second-order valence-electron chi connectivity index (χ2n) is 6.60. The highest BCUT2D eigenvalue weighted by atomic mass is 32.2. The van der Waals surface area contributed by atoms with Crippen LogP contribution >= 0.6 is 0 Å². The Balaban J connectivity index is 1.61. The summed E-state index contributed by atoms with van der Waals surface area (Å²) in [7, 11) is -3.12. The smallest absolute Gasteiger partial charge is 0.255 e. The third-order valence-corrected chi connectivity index (χ3v) is 6.76. The molecule has 2 aromatic rings. The summed E-state index contributed by atoms with van der Waals surface area (Å²) in [5, 5.41) is 2.92. The molecule has 0 aliphatic carbocycles. The molecule has 0 bridgehead atoms. The summed E-state index contributed by atoms with van der Waals surface area (Å²) in [6.45, 7) is 5.91. The van der Waals surface area contributed by atoms with E-state index in [0.29, 0.717) is 31.7 Å². The van der Waals surface area contributed by atoms with Crippen LogP contribution in [0.25, 0.3) is 0 Å². The first-order valence-corrected chi connectivity index (χ1v) is 10.7. The maximum Gasteiger partial charge on any atom is 0.255 e. The zero-order valence-corrected chi connectivity index (χ0v) is 16.5. The van der Waals surface area contributed by atoms with Crippen LogP contribution in [0.15, 0.2) is 48.5 Å². The quantitative estimate of drug-likeness (QED) is 0.856. The number of nitrogens with zero attached hydrogens (tertiary/aromatic N) is 2. The molecule has 6 nitrogen and oxygen atoms in total. The number of hydrogen-bond donors (Lipinski definition) is 1. The van der Waals surface area contributed by atoms with Crippen LogP contribution in [0, 0.1) is 6.92 Å². The van der Waals surface area contributed by atoms with E-state index in [1.54, 1.807) is 11.2 Å². The highest BCUT2D eigenvalue weighted by Gasteiger charge is 2.25. The lowest BCUT2D eigenvalue weighted by atomic mass is 10.1. The van der Waals surface area contributed by atoms with Gasteiger partial charge in [0.2, 0.25) is 10.0 Å². The van der Waals surface area contributed by atoms with Gasteiger partial charge in [0, 0.05) is 43.1 Å². The molecule has 7 heteroatoms. The fourth-order valence-corrected chi connectivity index (χ4v) is 4.27. The first-order chi connectivity index (χ1) is 12.9. The summed E-state index contributed by atoms with van der Waals surface area (Å²) in [5.41, 5.74) is 3.36. The van der Waals surface area contributed by atoms with Crippen molar-refractivity contribution in [1.82, 2.24) is 4.31 Å². The average molecular weight is 388 g/mol. The minimum absolute atomic E-state index is 0.126. The highest BCUT2D eigenvalue weighted by Crippen LogP contribution is 2.21. The van der Waals surface area contributed by atoms with Crippen molar-refractivity contribution in [3.63, 3.8) is 0 Å². The minimum atomic E-state index is -3.12. The molecule has 1 aliphatic heterocycles. The van der Waals surface area contributed by atoms with Crippen LogP contribution in [0.3, 0.4) is 0 Å². The monoisotopic (exact) mass is 387 g/mol. The van der Waals surface area contributed by atoms with E-state index < -0.39 is 10.0 Å². The van der Waals surface area contributed by atoms with E-state index in [4.69, 9.17) is 0 Å². The van der Waals surface area contributed by atoms with Crippen LogP contribution in [0.5, 0.6) is 0 Å². The normalized spacial score (nSPS) is 15.6. The molecule has 0 spiro atoms. The van der Waals surface area contributed by atoms with Crippen LogP contribution in [0.2, 0.25) is 0 Å². The van der Waals surface area contributed by atoms with E-state index in [2.05, 4.69) is 10.2 Å². The van der Waals surface area contributed by atoms with Crippen molar-refractivity contribution < 1.29 is 13.2 Å². The van der Waals surface area contributed by atoms with Gasteiger partial charge in [-0.3, -0.25) is 4.79 Å². The van der Waals surface area contributed by atoms with Gasteiger partial charge in [0.15, 0.2) is 0 Å². The SMILES string of the molecule is CCS(=O)(=O)N1CCN(c2ccc(NC(=O)c3ccccc3C)cc2)CC1. The standard InChI is InChI=1S/C20H25N3O3S/c1-3-27(25,26)23-14-12-22(13-15-23)18-10-8-17(9-11-18)21-20(24)19-7-5-4-6-16(19)2/h4-11H,3,12-15H2,1-2H3,(H,21,24). The molecule has 1 heterocycles. The predicted octanol–water partition coefficient (Wildman–Crippen LogP) is 2.72. The lowest BCUT2D eigenvalue weighted by Crippen LogP contribution is -2.49. The molecule has 1 aliphatic rings. The van der Waals surface area contributed by atoms with Crippen LogP contribution in [-0.4, -0.2) is 50.6 Å². The number of hydrogen-bond acceptors (Lipinski definition) is 4. The number of sulfonamides is 1. The third-order valence-electron chi connectivity index (χ3n) is 4.88.